The van der Waals surface area contributed by atoms with Crippen molar-refractivity contribution in [1.82, 2.24) is 4.72 Å². The standard InChI is InChI=1S/C18H18FN3O3S/c19-13-7-5-12(6-8-13)11-26(24,25)21-14-9-17-18(23)20-15-3-1-2-4-16(15)22(17)10-14/h1-8,14,17,21H,9-11H2,(H,20,23). The number of amides is 1. The lowest BCUT2D eigenvalue weighted by Crippen LogP contribution is -2.44. The number of hydrogen-bond donors (Lipinski definition) is 2. The average molecular weight is 375 g/mol. The highest BCUT2D eigenvalue weighted by Gasteiger charge is 2.41. The zero-order valence-corrected chi connectivity index (χ0v) is 14.7. The van der Waals surface area contributed by atoms with Gasteiger partial charge in [-0.25, -0.2) is 17.5 Å². The minimum Gasteiger partial charge on any atom is -0.356 e. The monoisotopic (exact) mass is 375 g/mol. The van der Waals surface area contributed by atoms with Crippen LogP contribution in [0.1, 0.15) is 12.0 Å². The molecule has 2 aliphatic heterocycles. The van der Waals surface area contributed by atoms with Gasteiger partial charge >= 0.3 is 0 Å². The van der Waals surface area contributed by atoms with Crippen LogP contribution in [-0.4, -0.2) is 33.0 Å². The van der Waals surface area contributed by atoms with E-state index in [0.29, 0.717) is 18.5 Å². The van der Waals surface area contributed by atoms with Crippen LogP contribution in [0.2, 0.25) is 0 Å². The van der Waals surface area contributed by atoms with Crippen LogP contribution in [0.3, 0.4) is 0 Å². The first-order chi connectivity index (χ1) is 12.4. The third kappa shape index (κ3) is 3.30. The van der Waals surface area contributed by atoms with Crippen molar-refractivity contribution in [2.75, 3.05) is 16.8 Å². The third-order valence-electron chi connectivity index (χ3n) is 4.69. The Morgan fingerprint density at radius 2 is 1.88 bits per heavy atom. The Morgan fingerprint density at radius 3 is 2.65 bits per heavy atom. The van der Waals surface area contributed by atoms with E-state index < -0.39 is 15.8 Å². The van der Waals surface area contributed by atoms with Gasteiger partial charge in [-0.2, -0.15) is 0 Å². The molecule has 2 unspecified atom stereocenters. The second-order valence-corrected chi connectivity index (χ2v) is 8.36. The van der Waals surface area contributed by atoms with Crippen molar-refractivity contribution in [2.45, 2.75) is 24.3 Å². The molecule has 2 atom stereocenters. The van der Waals surface area contributed by atoms with E-state index in [1.807, 2.05) is 29.2 Å². The number of carbonyl (C=O) groups excluding carboxylic acids is 1. The molecule has 6 nitrogen and oxygen atoms in total. The predicted molar refractivity (Wildman–Crippen MR) is 96.8 cm³/mol. The fraction of sp³-hybridized carbons (Fsp3) is 0.278. The third-order valence-corrected chi connectivity index (χ3v) is 6.10. The van der Waals surface area contributed by atoms with E-state index in [1.54, 1.807) is 0 Å². The zero-order chi connectivity index (χ0) is 18.3. The van der Waals surface area contributed by atoms with E-state index in [0.717, 1.165) is 11.4 Å². The van der Waals surface area contributed by atoms with E-state index in [-0.39, 0.29) is 23.7 Å². The van der Waals surface area contributed by atoms with Crippen molar-refractivity contribution in [3.05, 3.63) is 59.9 Å². The maximum Gasteiger partial charge on any atom is 0.247 e. The topological polar surface area (TPSA) is 78.5 Å². The second kappa shape index (κ2) is 6.37. The van der Waals surface area contributed by atoms with Crippen molar-refractivity contribution in [3.63, 3.8) is 0 Å². The van der Waals surface area contributed by atoms with Crippen molar-refractivity contribution in [1.29, 1.82) is 0 Å². The van der Waals surface area contributed by atoms with E-state index in [4.69, 9.17) is 0 Å². The second-order valence-electron chi connectivity index (χ2n) is 6.61. The number of carbonyl (C=O) groups is 1. The van der Waals surface area contributed by atoms with Crippen LogP contribution in [0.15, 0.2) is 48.5 Å². The fourth-order valence-electron chi connectivity index (χ4n) is 3.58. The first-order valence-electron chi connectivity index (χ1n) is 8.32. The van der Waals surface area contributed by atoms with Crippen LogP contribution in [0.25, 0.3) is 0 Å². The minimum atomic E-state index is -3.60. The van der Waals surface area contributed by atoms with Crippen LogP contribution in [0.4, 0.5) is 15.8 Å². The Kier molecular flexibility index (Phi) is 4.16. The molecule has 2 heterocycles. The van der Waals surface area contributed by atoms with Gasteiger partial charge in [-0.05, 0) is 36.2 Å². The molecule has 2 aromatic rings. The molecule has 0 radical (unpaired) electrons. The molecule has 1 amide bonds. The van der Waals surface area contributed by atoms with Gasteiger partial charge in [0.05, 0.1) is 17.1 Å². The van der Waals surface area contributed by atoms with Crippen molar-refractivity contribution >= 4 is 27.3 Å². The van der Waals surface area contributed by atoms with Gasteiger partial charge in [0.15, 0.2) is 0 Å². The summed E-state index contributed by atoms with van der Waals surface area (Å²) in [5.41, 5.74) is 2.15. The van der Waals surface area contributed by atoms with Crippen molar-refractivity contribution in [2.24, 2.45) is 0 Å². The number of nitrogens with one attached hydrogen (secondary N) is 2. The number of benzene rings is 2. The number of nitrogens with zero attached hydrogens (tertiary/aromatic N) is 1. The summed E-state index contributed by atoms with van der Waals surface area (Å²) < 4.78 is 40.5. The van der Waals surface area contributed by atoms with E-state index in [9.17, 15) is 17.6 Å². The summed E-state index contributed by atoms with van der Waals surface area (Å²) in [5.74, 6) is -0.752. The lowest BCUT2D eigenvalue weighted by atomic mass is 10.1. The molecule has 0 saturated carbocycles. The smallest absolute Gasteiger partial charge is 0.247 e. The molecule has 0 spiro atoms. The maximum absolute atomic E-state index is 13.0. The van der Waals surface area contributed by atoms with Crippen LogP contribution < -0.4 is 14.9 Å². The molecule has 0 aromatic heterocycles. The van der Waals surface area contributed by atoms with E-state index in [1.165, 1.54) is 24.3 Å². The van der Waals surface area contributed by atoms with Crippen LogP contribution in [0.5, 0.6) is 0 Å². The predicted octanol–water partition coefficient (Wildman–Crippen LogP) is 1.84. The molecule has 0 aliphatic carbocycles. The molecule has 26 heavy (non-hydrogen) atoms. The van der Waals surface area contributed by atoms with Gasteiger partial charge in [-0.3, -0.25) is 4.79 Å². The summed E-state index contributed by atoms with van der Waals surface area (Å²) in [6, 6.07) is 12.1. The Bertz CT molecular complexity index is 946. The number of rotatable bonds is 4. The number of sulfonamides is 1. The molecular formula is C18H18FN3O3S. The summed E-state index contributed by atoms with van der Waals surface area (Å²) in [6.45, 7) is 0.428. The lowest BCUT2D eigenvalue weighted by molar-refractivity contribution is -0.117. The van der Waals surface area contributed by atoms with Gasteiger partial charge in [-0.1, -0.05) is 24.3 Å². The summed E-state index contributed by atoms with van der Waals surface area (Å²) >= 11 is 0. The fourth-order valence-corrected chi connectivity index (χ4v) is 4.97. The van der Waals surface area contributed by atoms with Crippen molar-refractivity contribution in [3.8, 4) is 0 Å². The molecule has 0 bridgehead atoms. The summed E-state index contributed by atoms with van der Waals surface area (Å²) in [6.07, 6.45) is 0.406. The molecule has 136 valence electrons. The first-order valence-corrected chi connectivity index (χ1v) is 9.97. The lowest BCUT2D eigenvalue weighted by Gasteiger charge is -2.32. The number of hydrogen-bond acceptors (Lipinski definition) is 4. The maximum atomic E-state index is 13.0. The normalized spacial score (nSPS) is 21.9. The molecule has 2 N–H and O–H groups in total. The van der Waals surface area contributed by atoms with Gasteiger partial charge in [-0.15, -0.1) is 0 Å². The van der Waals surface area contributed by atoms with Crippen LogP contribution >= 0.6 is 0 Å². The van der Waals surface area contributed by atoms with E-state index in [2.05, 4.69) is 10.0 Å². The van der Waals surface area contributed by atoms with Crippen LogP contribution in [0, 0.1) is 5.82 Å². The highest BCUT2D eigenvalue weighted by Crippen LogP contribution is 2.36. The SMILES string of the molecule is O=C1Nc2ccccc2N2CC(NS(=O)(=O)Cc3ccc(F)cc3)CC12. The molecule has 8 heteroatoms. The molecule has 2 aromatic carbocycles. The summed E-state index contributed by atoms with van der Waals surface area (Å²) in [5, 5.41) is 2.87. The largest absolute Gasteiger partial charge is 0.356 e. The highest BCUT2D eigenvalue weighted by molar-refractivity contribution is 7.88. The average Bonchev–Trinajstić information content (AvgIpc) is 3.00. The van der Waals surface area contributed by atoms with Crippen molar-refractivity contribution < 1.29 is 17.6 Å². The number of halogens is 1. The summed E-state index contributed by atoms with van der Waals surface area (Å²) in [4.78, 5) is 14.3. The molecule has 2 aliphatic rings. The van der Waals surface area contributed by atoms with Gasteiger partial charge in [0, 0.05) is 12.6 Å². The quantitative estimate of drug-likeness (QED) is 0.855. The Morgan fingerprint density at radius 1 is 1.15 bits per heavy atom. The number of anilines is 2. The minimum absolute atomic E-state index is 0.121. The van der Waals surface area contributed by atoms with Gasteiger partial charge in [0.25, 0.3) is 0 Å². The highest BCUT2D eigenvalue weighted by atomic mass is 32.2. The first kappa shape index (κ1) is 17.0. The summed E-state index contributed by atoms with van der Waals surface area (Å²) in [7, 11) is -3.60. The molecule has 4 rings (SSSR count). The van der Waals surface area contributed by atoms with Gasteiger partial charge < -0.3 is 10.2 Å². The number of para-hydroxylation sites is 2. The molecule has 1 fully saturated rings. The molecule has 1 saturated heterocycles. The van der Waals surface area contributed by atoms with E-state index >= 15 is 0 Å². The van der Waals surface area contributed by atoms with Gasteiger partial charge in [0.2, 0.25) is 15.9 Å². The Labute approximate surface area is 151 Å². The van der Waals surface area contributed by atoms with Crippen LogP contribution in [-0.2, 0) is 20.6 Å². The Balaban J connectivity index is 1.49. The Hall–Kier alpha value is -2.45. The zero-order valence-electron chi connectivity index (χ0n) is 13.9. The number of fused-ring (bicyclic) bond motifs is 3. The molecular weight excluding hydrogens is 357 g/mol. The van der Waals surface area contributed by atoms with Gasteiger partial charge in [0.1, 0.15) is 11.9 Å².